The molecule has 0 spiro atoms. The molecule has 1 aliphatic rings. The summed E-state index contributed by atoms with van der Waals surface area (Å²) in [6.45, 7) is 2.12. The van der Waals surface area contributed by atoms with Crippen molar-refractivity contribution < 1.29 is 5.11 Å². The minimum atomic E-state index is -0.212. The van der Waals surface area contributed by atoms with E-state index in [1.165, 1.54) is 0 Å². The van der Waals surface area contributed by atoms with Crippen LogP contribution in [0.3, 0.4) is 0 Å². The quantitative estimate of drug-likeness (QED) is 0.933. The largest absolute Gasteiger partial charge is 0.395 e. The summed E-state index contributed by atoms with van der Waals surface area (Å²) < 4.78 is 1.05. The molecule has 3 rings (SSSR count). The molecular weight excluding hydrogens is 316 g/mol. The third-order valence-electron chi connectivity index (χ3n) is 4.08. The third-order valence-corrected chi connectivity index (χ3v) is 4.61. The fourth-order valence-corrected chi connectivity index (χ4v) is 2.89. The van der Waals surface area contributed by atoms with Gasteiger partial charge in [-0.15, -0.1) is 0 Å². The van der Waals surface area contributed by atoms with E-state index >= 15 is 0 Å². The fourth-order valence-electron chi connectivity index (χ4n) is 2.63. The third kappa shape index (κ3) is 2.38. The highest BCUT2D eigenvalue weighted by atomic mass is 79.9. The maximum atomic E-state index is 9.69. The molecule has 1 aromatic carbocycles. The molecule has 1 fully saturated rings. The summed E-state index contributed by atoms with van der Waals surface area (Å²) in [5, 5.41) is 9.69. The van der Waals surface area contributed by atoms with Crippen molar-refractivity contribution >= 4 is 15.9 Å². The number of aliphatic hydroxyl groups excluding tert-OH is 1. The lowest BCUT2D eigenvalue weighted by Gasteiger charge is -2.38. The van der Waals surface area contributed by atoms with Gasteiger partial charge >= 0.3 is 0 Å². The van der Waals surface area contributed by atoms with Gasteiger partial charge in [0.05, 0.1) is 17.7 Å². The second-order valence-electron chi connectivity index (χ2n) is 5.52. The Morgan fingerprint density at radius 3 is 2.45 bits per heavy atom. The lowest BCUT2D eigenvalue weighted by molar-refractivity contribution is 0.112. The summed E-state index contributed by atoms with van der Waals surface area (Å²) in [5.41, 5.74) is 2.75. The van der Waals surface area contributed by atoms with Crippen LogP contribution in [0.4, 0.5) is 0 Å². The molecule has 1 saturated carbocycles. The molecule has 0 bridgehead atoms. The summed E-state index contributed by atoms with van der Waals surface area (Å²) in [4.78, 5) is 9.27. The Kier molecular flexibility index (Phi) is 3.61. The molecule has 0 unspecified atom stereocenters. The van der Waals surface area contributed by atoms with E-state index in [9.17, 15) is 5.11 Å². The van der Waals surface area contributed by atoms with E-state index in [1.54, 1.807) is 0 Å². The Bertz CT molecular complexity index is 615. The first-order valence-corrected chi connectivity index (χ1v) is 7.65. The van der Waals surface area contributed by atoms with Gasteiger partial charge in [0.2, 0.25) is 0 Å². The predicted molar refractivity (Wildman–Crippen MR) is 82.5 cm³/mol. The highest BCUT2D eigenvalue weighted by molar-refractivity contribution is 9.10. The number of halogens is 1. The zero-order valence-corrected chi connectivity index (χ0v) is 13.0. The topological polar surface area (TPSA) is 46.0 Å². The lowest BCUT2D eigenvalue weighted by atomic mass is 9.68. The van der Waals surface area contributed by atoms with Gasteiger partial charge < -0.3 is 5.11 Å². The van der Waals surface area contributed by atoms with Crippen molar-refractivity contribution in [1.29, 1.82) is 0 Å². The fraction of sp³-hybridized carbons (Fsp3) is 0.375. The van der Waals surface area contributed by atoms with Crippen molar-refractivity contribution in [2.24, 2.45) is 0 Å². The van der Waals surface area contributed by atoms with E-state index in [2.05, 4.69) is 20.9 Å². The summed E-state index contributed by atoms with van der Waals surface area (Å²) in [6, 6.07) is 10.1. The molecule has 0 atom stereocenters. The van der Waals surface area contributed by atoms with Crippen molar-refractivity contribution in [2.75, 3.05) is 6.61 Å². The lowest BCUT2D eigenvalue weighted by Crippen LogP contribution is -2.40. The van der Waals surface area contributed by atoms with Crippen molar-refractivity contribution in [1.82, 2.24) is 9.97 Å². The summed E-state index contributed by atoms with van der Waals surface area (Å²) in [5.74, 6) is 0.796. The maximum absolute atomic E-state index is 9.69. The Labute approximate surface area is 127 Å². The molecule has 2 aromatic rings. The molecular formula is C16H17BrN2O. The van der Waals surface area contributed by atoms with Crippen LogP contribution in [0.1, 0.15) is 30.8 Å². The van der Waals surface area contributed by atoms with E-state index in [0.29, 0.717) is 0 Å². The van der Waals surface area contributed by atoms with E-state index in [-0.39, 0.29) is 12.0 Å². The number of aryl methyl sites for hydroxylation is 1. The molecule has 20 heavy (non-hydrogen) atoms. The molecule has 0 aliphatic heterocycles. The van der Waals surface area contributed by atoms with Gasteiger partial charge in [-0.25, -0.2) is 9.97 Å². The monoisotopic (exact) mass is 332 g/mol. The first-order chi connectivity index (χ1) is 9.63. The Balaban J connectivity index is 2.04. The zero-order valence-electron chi connectivity index (χ0n) is 11.4. The van der Waals surface area contributed by atoms with Crippen LogP contribution in [0.25, 0.3) is 11.3 Å². The van der Waals surface area contributed by atoms with Gasteiger partial charge in [-0.1, -0.05) is 34.5 Å². The van der Waals surface area contributed by atoms with Gasteiger partial charge in [0.25, 0.3) is 0 Å². The van der Waals surface area contributed by atoms with Crippen LogP contribution in [-0.4, -0.2) is 21.7 Å². The molecule has 3 nitrogen and oxygen atoms in total. The Morgan fingerprint density at radius 1 is 1.20 bits per heavy atom. The Hall–Kier alpha value is -1.26. The number of hydrogen-bond donors (Lipinski definition) is 1. The zero-order chi connectivity index (χ0) is 14.2. The van der Waals surface area contributed by atoms with Crippen LogP contribution in [-0.2, 0) is 5.41 Å². The second kappa shape index (κ2) is 5.26. The summed E-state index contributed by atoms with van der Waals surface area (Å²) in [7, 11) is 0. The highest BCUT2D eigenvalue weighted by Crippen LogP contribution is 2.42. The Morgan fingerprint density at radius 2 is 1.90 bits per heavy atom. The van der Waals surface area contributed by atoms with Crippen molar-refractivity contribution in [3.05, 3.63) is 46.3 Å². The molecule has 0 saturated heterocycles. The van der Waals surface area contributed by atoms with Gasteiger partial charge in [-0.3, -0.25) is 0 Å². The normalized spacial score (nSPS) is 16.8. The van der Waals surface area contributed by atoms with Crippen molar-refractivity contribution in [2.45, 2.75) is 31.6 Å². The number of rotatable bonds is 3. The second-order valence-corrected chi connectivity index (χ2v) is 6.43. The number of nitrogens with zero attached hydrogens (tertiary/aromatic N) is 2. The van der Waals surface area contributed by atoms with Crippen LogP contribution in [0, 0.1) is 6.92 Å². The van der Waals surface area contributed by atoms with Crippen LogP contribution >= 0.6 is 15.9 Å². The minimum Gasteiger partial charge on any atom is -0.395 e. The van der Waals surface area contributed by atoms with E-state index < -0.39 is 0 Å². The molecule has 0 amide bonds. The average molecular weight is 333 g/mol. The van der Waals surface area contributed by atoms with Crippen LogP contribution in [0.5, 0.6) is 0 Å². The molecule has 104 valence electrons. The number of benzene rings is 1. The molecule has 4 heteroatoms. The van der Waals surface area contributed by atoms with Crippen molar-refractivity contribution in [3.8, 4) is 11.3 Å². The molecule has 1 aliphatic carbocycles. The molecule has 1 aromatic heterocycles. The molecule has 1 heterocycles. The predicted octanol–water partition coefficient (Wildman–Crippen LogP) is 3.63. The van der Waals surface area contributed by atoms with E-state index in [1.807, 2.05) is 37.3 Å². The SMILES string of the molecule is Cc1cc(-c2ccc(Br)cc2)nc(C2(CO)CCC2)n1. The standard InChI is InChI=1S/C16H17BrN2O/c1-11-9-14(12-3-5-13(17)6-4-12)19-15(18-11)16(10-20)7-2-8-16/h3-6,9,20H,2,7-8,10H2,1H3. The first kappa shape index (κ1) is 13.7. The van der Waals surface area contributed by atoms with E-state index in [4.69, 9.17) is 4.98 Å². The first-order valence-electron chi connectivity index (χ1n) is 6.86. The minimum absolute atomic E-state index is 0.135. The average Bonchev–Trinajstić information content (AvgIpc) is 2.38. The van der Waals surface area contributed by atoms with Crippen LogP contribution in [0.2, 0.25) is 0 Å². The van der Waals surface area contributed by atoms with Crippen LogP contribution in [0.15, 0.2) is 34.8 Å². The van der Waals surface area contributed by atoms with Gasteiger partial charge in [0, 0.05) is 15.7 Å². The molecule has 1 N–H and O–H groups in total. The molecule has 0 radical (unpaired) electrons. The van der Waals surface area contributed by atoms with Gasteiger partial charge in [-0.05, 0) is 38.0 Å². The number of aromatic nitrogens is 2. The highest BCUT2D eigenvalue weighted by Gasteiger charge is 2.41. The smallest absolute Gasteiger partial charge is 0.137 e. The summed E-state index contributed by atoms with van der Waals surface area (Å²) >= 11 is 3.44. The van der Waals surface area contributed by atoms with Gasteiger partial charge in [0.15, 0.2) is 0 Å². The summed E-state index contributed by atoms with van der Waals surface area (Å²) in [6.07, 6.45) is 3.10. The van der Waals surface area contributed by atoms with E-state index in [0.717, 1.165) is 46.5 Å². The number of aliphatic hydroxyl groups is 1. The van der Waals surface area contributed by atoms with Gasteiger partial charge in [0.1, 0.15) is 5.82 Å². The van der Waals surface area contributed by atoms with Crippen LogP contribution < -0.4 is 0 Å². The van der Waals surface area contributed by atoms with Crippen molar-refractivity contribution in [3.63, 3.8) is 0 Å². The maximum Gasteiger partial charge on any atom is 0.137 e. The van der Waals surface area contributed by atoms with Gasteiger partial charge in [-0.2, -0.15) is 0 Å². The number of hydrogen-bond acceptors (Lipinski definition) is 3.